The van der Waals surface area contributed by atoms with E-state index in [4.69, 9.17) is 16.3 Å². The number of carbonyl (C=O) groups excluding carboxylic acids is 1. The van der Waals surface area contributed by atoms with Crippen molar-refractivity contribution in [2.45, 2.75) is 11.3 Å². The quantitative estimate of drug-likeness (QED) is 0.803. The number of ether oxygens (including phenoxy) is 1. The number of nitrogens with zero attached hydrogens (tertiary/aromatic N) is 1. The number of rotatable bonds is 6. The fourth-order valence-electron chi connectivity index (χ4n) is 2.51. The van der Waals surface area contributed by atoms with Crippen LogP contribution in [0.1, 0.15) is 6.42 Å². The van der Waals surface area contributed by atoms with E-state index in [1.165, 1.54) is 18.9 Å². The van der Waals surface area contributed by atoms with Gasteiger partial charge in [-0.25, -0.2) is 0 Å². The first-order chi connectivity index (χ1) is 10.5. The number of aliphatic carboxylic acids is 1. The Kier molecular flexibility index (Phi) is 5.72. The summed E-state index contributed by atoms with van der Waals surface area (Å²) >= 11 is 7.42. The summed E-state index contributed by atoms with van der Waals surface area (Å²) < 4.78 is 5.02. The van der Waals surface area contributed by atoms with Gasteiger partial charge in [-0.1, -0.05) is 23.7 Å². The van der Waals surface area contributed by atoms with Gasteiger partial charge in [0, 0.05) is 25.1 Å². The third-order valence-electron chi connectivity index (χ3n) is 3.77. The lowest BCUT2D eigenvalue weighted by Crippen LogP contribution is -2.40. The Morgan fingerprint density at radius 2 is 2.18 bits per heavy atom. The summed E-state index contributed by atoms with van der Waals surface area (Å²) in [5.41, 5.74) is -0.987. The van der Waals surface area contributed by atoms with Crippen LogP contribution in [0.25, 0.3) is 0 Å². The number of thioether (sulfide) groups is 1. The first-order valence-electron chi connectivity index (χ1n) is 6.86. The second kappa shape index (κ2) is 7.35. The molecule has 1 aliphatic heterocycles. The van der Waals surface area contributed by atoms with Gasteiger partial charge in [0.2, 0.25) is 5.91 Å². The normalized spacial score (nSPS) is 21.1. The van der Waals surface area contributed by atoms with Crippen LogP contribution in [0.15, 0.2) is 29.2 Å². The van der Waals surface area contributed by atoms with Crippen LogP contribution in [0.3, 0.4) is 0 Å². The monoisotopic (exact) mass is 343 g/mol. The van der Waals surface area contributed by atoms with Crippen molar-refractivity contribution in [3.8, 4) is 0 Å². The Balaban J connectivity index is 1.94. The molecule has 7 heteroatoms. The van der Waals surface area contributed by atoms with Gasteiger partial charge in [0.25, 0.3) is 0 Å². The molecule has 1 amide bonds. The number of benzene rings is 1. The summed E-state index contributed by atoms with van der Waals surface area (Å²) in [5, 5.41) is 10.0. The molecule has 1 N–H and O–H groups in total. The Hall–Kier alpha value is -1.24. The van der Waals surface area contributed by atoms with Crippen molar-refractivity contribution in [3.05, 3.63) is 29.3 Å². The number of hydrogen-bond acceptors (Lipinski definition) is 4. The van der Waals surface area contributed by atoms with Crippen LogP contribution in [0.4, 0.5) is 0 Å². The number of methoxy groups -OCH3 is 1. The molecule has 1 saturated heterocycles. The third-order valence-corrected chi connectivity index (χ3v) is 5.27. The number of halogens is 1. The van der Waals surface area contributed by atoms with E-state index in [1.54, 1.807) is 11.0 Å². The van der Waals surface area contributed by atoms with Crippen LogP contribution in [0.5, 0.6) is 0 Å². The van der Waals surface area contributed by atoms with Gasteiger partial charge < -0.3 is 14.7 Å². The van der Waals surface area contributed by atoms with Gasteiger partial charge in [0.15, 0.2) is 0 Å². The highest BCUT2D eigenvalue weighted by Gasteiger charge is 2.46. The molecule has 120 valence electrons. The van der Waals surface area contributed by atoms with Crippen molar-refractivity contribution >= 4 is 35.2 Å². The zero-order chi connectivity index (χ0) is 16.2. The van der Waals surface area contributed by atoms with E-state index in [0.29, 0.717) is 18.0 Å². The number of hydrogen-bond donors (Lipinski definition) is 1. The molecule has 1 atom stereocenters. The van der Waals surface area contributed by atoms with E-state index in [9.17, 15) is 14.7 Å². The molecule has 1 unspecified atom stereocenters. The zero-order valence-corrected chi connectivity index (χ0v) is 13.8. The lowest BCUT2D eigenvalue weighted by atomic mass is 9.88. The molecule has 1 fully saturated rings. The highest BCUT2D eigenvalue weighted by molar-refractivity contribution is 8.00. The molecule has 0 radical (unpaired) electrons. The predicted molar refractivity (Wildman–Crippen MR) is 85.3 cm³/mol. The number of amides is 1. The van der Waals surface area contributed by atoms with Gasteiger partial charge in [-0.2, -0.15) is 0 Å². The summed E-state index contributed by atoms with van der Waals surface area (Å²) in [7, 11) is 1.47. The van der Waals surface area contributed by atoms with Crippen LogP contribution in [0, 0.1) is 5.41 Å². The van der Waals surface area contributed by atoms with Crippen LogP contribution >= 0.6 is 23.4 Å². The summed E-state index contributed by atoms with van der Waals surface area (Å²) in [6.45, 7) is 0.749. The molecule has 1 aliphatic rings. The minimum Gasteiger partial charge on any atom is -0.481 e. The van der Waals surface area contributed by atoms with Crippen molar-refractivity contribution in [2.75, 3.05) is 32.6 Å². The van der Waals surface area contributed by atoms with Crippen molar-refractivity contribution in [1.29, 1.82) is 0 Å². The van der Waals surface area contributed by atoms with E-state index in [2.05, 4.69) is 0 Å². The van der Waals surface area contributed by atoms with Crippen LogP contribution in [-0.4, -0.2) is 54.4 Å². The van der Waals surface area contributed by atoms with Gasteiger partial charge in [-0.15, -0.1) is 11.8 Å². The molecule has 0 aromatic heterocycles. The highest BCUT2D eigenvalue weighted by Crippen LogP contribution is 2.32. The molecule has 0 bridgehead atoms. The number of carboxylic acid groups (broad SMARTS) is 1. The molecule has 0 aliphatic carbocycles. The van der Waals surface area contributed by atoms with Crippen molar-refractivity contribution in [1.82, 2.24) is 4.90 Å². The fraction of sp³-hybridized carbons (Fsp3) is 0.467. The molecule has 0 spiro atoms. The predicted octanol–water partition coefficient (Wildman–Crippen LogP) is 2.38. The molecule has 22 heavy (non-hydrogen) atoms. The van der Waals surface area contributed by atoms with Gasteiger partial charge >= 0.3 is 5.97 Å². The average Bonchev–Trinajstić information content (AvgIpc) is 2.92. The van der Waals surface area contributed by atoms with Crippen LogP contribution in [0.2, 0.25) is 5.02 Å². The molecule has 1 heterocycles. The molecule has 5 nitrogen and oxygen atoms in total. The van der Waals surface area contributed by atoms with E-state index in [-0.39, 0.29) is 24.8 Å². The third kappa shape index (κ3) is 3.74. The lowest BCUT2D eigenvalue weighted by molar-refractivity contribution is -0.151. The maximum atomic E-state index is 12.3. The second-order valence-corrected chi connectivity index (χ2v) is 6.73. The van der Waals surface area contributed by atoms with Gasteiger partial charge in [0.1, 0.15) is 5.41 Å². The fourth-order valence-corrected chi connectivity index (χ4v) is 3.65. The SMILES string of the molecule is COCC1(C(=O)O)CCN(C(=O)CSc2ccccc2Cl)C1. The molecule has 2 rings (SSSR count). The van der Waals surface area contributed by atoms with E-state index in [0.717, 1.165) is 4.90 Å². The Morgan fingerprint density at radius 1 is 1.45 bits per heavy atom. The summed E-state index contributed by atoms with van der Waals surface area (Å²) in [6, 6.07) is 7.33. The van der Waals surface area contributed by atoms with E-state index < -0.39 is 11.4 Å². The van der Waals surface area contributed by atoms with Crippen molar-refractivity contribution < 1.29 is 19.4 Å². The minimum atomic E-state index is -0.987. The standard InChI is InChI=1S/C15H18ClNO4S/c1-21-10-15(14(19)20)6-7-17(9-15)13(18)8-22-12-5-3-2-4-11(12)16/h2-5H,6-10H2,1H3,(H,19,20). The second-order valence-electron chi connectivity index (χ2n) is 5.30. The van der Waals surface area contributed by atoms with Gasteiger partial charge in [0.05, 0.1) is 17.4 Å². The zero-order valence-electron chi connectivity index (χ0n) is 12.3. The summed E-state index contributed by atoms with van der Waals surface area (Å²) in [4.78, 5) is 26.2. The Morgan fingerprint density at radius 3 is 2.82 bits per heavy atom. The molecular weight excluding hydrogens is 326 g/mol. The maximum absolute atomic E-state index is 12.3. The summed E-state index contributed by atoms with van der Waals surface area (Å²) in [6.07, 6.45) is 0.415. The van der Waals surface area contributed by atoms with Gasteiger partial charge in [-0.3, -0.25) is 9.59 Å². The van der Waals surface area contributed by atoms with Crippen LogP contribution in [-0.2, 0) is 14.3 Å². The molecular formula is C15H18ClNO4S. The molecule has 1 aromatic rings. The Bertz CT molecular complexity index is 568. The molecule has 0 saturated carbocycles. The van der Waals surface area contributed by atoms with Crippen molar-refractivity contribution in [2.24, 2.45) is 5.41 Å². The van der Waals surface area contributed by atoms with Crippen LogP contribution < -0.4 is 0 Å². The maximum Gasteiger partial charge on any atom is 0.313 e. The van der Waals surface area contributed by atoms with E-state index >= 15 is 0 Å². The smallest absolute Gasteiger partial charge is 0.313 e. The first-order valence-corrected chi connectivity index (χ1v) is 8.22. The largest absolute Gasteiger partial charge is 0.481 e. The highest BCUT2D eigenvalue weighted by atomic mass is 35.5. The minimum absolute atomic E-state index is 0.0795. The Labute approximate surface area is 138 Å². The topological polar surface area (TPSA) is 66.8 Å². The number of carboxylic acids is 1. The first kappa shape index (κ1) is 17.1. The molecule has 1 aromatic carbocycles. The van der Waals surface area contributed by atoms with E-state index in [1.807, 2.05) is 18.2 Å². The van der Waals surface area contributed by atoms with Crippen molar-refractivity contribution in [3.63, 3.8) is 0 Å². The average molecular weight is 344 g/mol. The lowest BCUT2D eigenvalue weighted by Gasteiger charge is -2.23. The number of likely N-dealkylation sites (tertiary alicyclic amines) is 1. The number of carbonyl (C=O) groups is 2. The van der Waals surface area contributed by atoms with Gasteiger partial charge in [-0.05, 0) is 18.6 Å². The summed E-state index contributed by atoms with van der Waals surface area (Å²) in [5.74, 6) is -0.751.